The fourth-order valence-electron chi connectivity index (χ4n) is 4.35. The molecule has 0 unspecified atom stereocenters. The zero-order valence-corrected chi connectivity index (χ0v) is 19.1. The van der Waals surface area contributed by atoms with Gasteiger partial charge in [0.15, 0.2) is 5.78 Å². The summed E-state index contributed by atoms with van der Waals surface area (Å²) in [6, 6.07) is 15.9. The van der Waals surface area contributed by atoms with Gasteiger partial charge in [-0.1, -0.05) is 42.5 Å². The van der Waals surface area contributed by atoms with E-state index in [2.05, 4.69) is 18.8 Å². The number of H-pyrrole nitrogens is 1. The highest BCUT2D eigenvalue weighted by Gasteiger charge is 2.32. The highest BCUT2D eigenvalue weighted by atomic mass is 16.5. The summed E-state index contributed by atoms with van der Waals surface area (Å²) in [5, 5.41) is 0. The zero-order chi connectivity index (χ0) is 22.9. The van der Waals surface area contributed by atoms with E-state index in [0.717, 1.165) is 40.1 Å². The monoisotopic (exact) mass is 427 g/mol. The number of ketones is 1. The Morgan fingerprint density at radius 1 is 1.09 bits per heavy atom. The van der Waals surface area contributed by atoms with Gasteiger partial charge in [-0.15, -0.1) is 0 Å². The normalized spacial score (nSPS) is 14.4. The number of aryl methyl sites for hydroxylation is 2. The van der Waals surface area contributed by atoms with Crippen LogP contribution in [-0.4, -0.2) is 16.4 Å². The number of carbonyl (C=O) groups excluding carboxylic acids is 1. The Kier molecular flexibility index (Phi) is 5.88. The number of pyridine rings is 1. The number of ether oxygens (including phenoxy) is 1. The average molecular weight is 428 g/mol. The van der Waals surface area contributed by atoms with Gasteiger partial charge in [0.2, 0.25) is 0 Å². The van der Waals surface area contributed by atoms with Gasteiger partial charge in [0, 0.05) is 35.2 Å². The Morgan fingerprint density at radius 2 is 1.84 bits per heavy atom. The molecule has 0 aliphatic carbocycles. The summed E-state index contributed by atoms with van der Waals surface area (Å²) in [5.74, 6) is 0.885. The maximum Gasteiger partial charge on any atom is 0.251 e. The Balaban J connectivity index is 1.62. The lowest BCUT2D eigenvalue weighted by Crippen LogP contribution is -2.24. The van der Waals surface area contributed by atoms with Crippen molar-refractivity contribution in [2.45, 2.75) is 52.6 Å². The number of hydrogen-bond donors (Lipinski definition) is 1. The maximum atomic E-state index is 13.1. The van der Waals surface area contributed by atoms with Crippen molar-refractivity contribution in [2.75, 3.05) is 0 Å². The SMILES string of the molecule is Cc1cc(C)c(CCC(=O)c2cc(/C=C/c3ccccc3)c3c(c2)CC(C)(C)O3)c(=O)[nH]1. The second-order valence-electron chi connectivity index (χ2n) is 9.20. The number of rotatable bonds is 6. The van der Waals surface area contributed by atoms with E-state index in [9.17, 15) is 9.59 Å². The number of benzene rings is 2. The molecule has 4 heteroatoms. The highest BCUT2D eigenvalue weighted by Crippen LogP contribution is 2.39. The first-order chi connectivity index (χ1) is 15.2. The van der Waals surface area contributed by atoms with Gasteiger partial charge in [-0.3, -0.25) is 9.59 Å². The van der Waals surface area contributed by atoms with Crippen LogP contribution in [0.25, 0.3) is 12.2 Å². The van der Waals surface area contributed by atoms with E-state index in [0.29, 0.717) is 17.5 Å². The minimum atomic E-state index is -0.300. The zero-order valence-electron chi connectivity index (χ0n) is 19.1. The second kappa shape index (κ2) is 8.62. The molecule has 0 saturated heterocycles. The lowest BCUT2D eigenvalue weighted by Gasteiger charge is -2.17. The molecular weight excluding hydrogens is 398 g/mol. The van der Waals surface area contributed by atoms with Crippen molar-refractivity contribution in [1.29, 1.82) is 0 Å². The van der Waals surface area contributed by atoms with Crippen LogP contribution < -0.4 is 10.3 Å². The third-order valence-corrected chi connectivity index (χ3v) is 5.86. The van der Waals surface area contributed by atoms with Crippen LogP contribution in [0.15, 0.2) is 53.3 Å². The summed E-state index contributed by atoms with van der Waals surface area (Å²) in [5.41, 5.74) is 5.75. The molecule has 32 heavy (non-hydrogen) atoms. The lowest BCUT2D eigenvalue weighted by atomic mass is 9.94. The van der Waals surface area contributed by atoms with Crippen LogP contribution in [0.4, 0.5) is 0 Å². The minimum Gasteiger partial charge on any atom is -0.487 e. The molecule has 1 aliphatic heterocycles. The molecule has 0 fully saturated rings. The molecule has 1 aromatic heterocycles. The molecule has 3 aromatic rings. The first kappa shape index (κ1) is 21.8. The van der Waals surface area contributed by atoms with Gasteiger partial charge in [-0.05, 0) is 69.0 Å². The third kappa shape index (κ3) is 4.75. The van der Waals surface area contributed by atoms with Gasteiger partial charge in [0.25, 0.3) is 5.56 Å². The molecule has 4 rings (SSSR count). The molecule has 1 N–H and O–H groups in total. The summed E-state index contributed by atoms with van der Waals surface area (Å²) in [6.07, 6.45) is 5.52. The van der Waals surface area contributed by atoms with Crippen LogP contribution in [0.1, 0.15) is 64.1 Å². The topological polar surface area (TPSA) is 59.2 Å². The first-order valence-corrected chi connectivity index (χ1v) is 11.0. The van der Waals surface area contributed by atoms with Crippen molar-refractivity contribution >= 4 is 17.9 Å². The molecule has 0 spiro atoms. The third-order valence-electron chi connectivity index (χ3n) is 5.86. The van der Waals surface area contributed by atoms with Gasteiger partial charge < -0.3 is 9.72 Å². The molecule has 164 valence electrons. The van der Waals surface area contributed by atoms with Crippen LogP contribution in [0.5, 0.6) is 5.75 Å². The predicted molar refractivity (Wildman–Crippen MR) is 129 cm³/mol. The predicted octanol–water partition coefficient (Wildman–Crippen LogP) is 5.69. The van der Waals surface area contributed by atoms with Crippen LogP contribution >= 0.6 is 0 Å². The minimum absolute atomic E-state index is 0.0336. The summed E-state index contributed by atoms with van der Waals surface area (Å²) >= 11 is 0. The number of hydrogen-bond acceptors (Lipinski definition) is 3. The average Bonchev–Trinajstić information content (AvgIpc) is 3.05. The van der Waals surface area contributed by atoms with Crippen molar-refractivity contribution in [3.05, 3.63) is 98.0 Å². The maximum absolute atomic E-state index is 13.1. The number of fused-ring (bicyclic) bond motifs is 1. The van der Waals surface area contributed by atoms with Gasteiger partial charge in [-0.25, -0.2) is 0 Å². The summed E-state index contributed by atoms with van der Waals surface area (Å²) in [7, 11) is 0. The van der Waals surface area contributed by atoms with Crippen molar-refractivity contribution in [1.82, 2.24) is 4.98 Å². The molecule has 4 nitrogen and oxygen atoms in total. The number of aromatic nitrogens is 1. The molecule has 0 bridgehead atoms. The van der Waals surface area contributed by atoms with Gasteiger partial charge in [-0.2, -0.15) is 0 Å². The molecule has 1 aliphatic rings. The number of aromatic amines is 1. The molecular formula is C28H29NO3. The molecule has 2 heterocycles. The first-order valence-electron chi connectivity index (χ1n) is 11.0. The van der Waals surface area contributed by atoms with Gasteiger partial charge in [0.1, 0.15) is 11.4 Å². The van der Waals surface area contributed by atoms with Crippen LogP contribution in [0.3, 0.4) is 0 Å². The van der Waals surface area contributed by atoms with E-state index in [1.807, 2.05) is 74.5 Å². The summed E-state index contributed by atoms with van der Waals surface area (Å²) in [6.45, 7) is 7.91. The van der Waals surface area contributed by atoms with Crippen LogP contribution in [0, 0.1) is 13.8 Å². The summed E-state index contributed by atoms with van der Waals surface area (Å²) < 4.78 is 6.21. The van der Waals surface area contributed by atoms with Crippen molar-refractivity contribution < 1.29 is 9.53 Å². The highest BCUT2D eigenvalue weighted by molar-refractivity contribution is 5.97. The Labute approximate surface area is 189 Å². The Hall–Kier alpha value is -3.40. The Morgan fingerprint density at radius 3 is 2.56 bits per heavy atom. The largest absolute Gasteiger partial charge is 0.487 e. The van der Waals surface area contributed by atoms with Crippen molar-refractivity contribution in [3.63, 3.8) is 0 Å². The van der Waals surface area contributed by atoms with E-state index >= 15 is 0 Å². The van der Waals surface area contributed by atoms with Crippen molar-refractivity contribution in [2.24, 2.45) is 0 Å². The molecule has 2 aromatic carbocycles. The number of carbonyl (C=O) groups is 1. The van der Waals surface area contributed by atoms with Crippen LogP contribution in [0.2, 0.25) is 0 Å². The van der Waals surface area contributed by atoms with E-state index in [1.54, 1.807) is 0 Å². The molecule has 0 saturated carbocycles. The van der Waals surface area contributed by atoms with E-state index in [4.69, 9.17) is 4.74 Å². The fraction of sp³-hybridized carbons (Fsp3) is 0.286. The molecule has 0 radical (unpaired) electrons. The Bertz CT molecular complexity index is 1250. The summed E-state index contributed by atoms with van der Waals surface area (Å²) in [4.78, 5) is 28.3. The number of nitrogens with one attached hydrogen (secondary N) is 1. The smallest absolute Gasteiger partial charge is 0.251 e. The van der Waals surface area contributed by atoms with E-state index < -0.39 is 0 Å². The fourth-order valence-corrected chi connectivity index (χ4v) is 4.35. The second-order valence-corrected chi connectivity index (χ2v) is 9.20. The van der Waals surface area contributed by atoms with E-state index in [-0.39, 0.29) is 23.4 Å². The van der Waals surface area contributed by atoms with Gasteiger partial charge in [0.05, 0.1) is 0 Å². The molecule has 0 atom stereocenters. The van der Waals surface area contributed by atoms with Gasteiger partial charge >= 0.3 is 0 Å². The quantitative estimate of drug-likeness (QED) is 0.406. The van der Waals surface area contributed by atoms with Crippen molar-refractivity contribution in [3.8, 4) is 5.75 Å². The standard InChI is InChI=1S/C28H29NO3/c1-18-14-19(2)29-27(31)24(18)12-13-25(30)22-15-21(11-10-20-8-6-5-7-9-20)26-23(16-22)17-28(3,4)32-26/h5-11,14-16H,12-13,17H2,1-4H3,(H,29,31)/b11-10+. The van der Waals surface area contributed by atoms with E-state index in [1.165, 1.54) is 0 Å². The van der Waals surface area contributed by atoms with Crippen LogP contribution in [-0.2, 0) is 12.8 Å². The number of Topliss-reactive ketones (excluding diaryl/α,β-unsaturated/α-hetero) is 1. The lowest BCUT2D eigenvalue weighted by molar-refractivity contribution is 0.0982. The molecule has 0 amide bonds.